The molecule has 1 heteroatoms. The topological polar surface area (TPSA) is 4.93 Å². The molecule has 8 aromatic rings. The van der Waals surface area contributed by atoms with Crippen LogP contribution in [0.5, 0.6) is 0 Å². The van der Waals surface area contributed by atoms with Gasteiger partial charge in [-0.1, -0.05) is 170 Å². The van der Waals surface area contributed by atoms with Crippen molar-refractivity contribution in [3.63, 3.8) is 0 Å². The summed E-state index contributed by atoms with van der Waals surface area (Å²) in [5.74, 6) is 0. The van der Waals surface area contributed by atoms with E-state index < -0.39 is 5.41 Å². The Bertz CT molecular complexity index is 2500. The third kappa shape index (κ3) is 4.77. The van der Waals surface area contributed by atoms with Gasteiger partial charge in [-0.3, -0.25) is 0 Å². The van der Waals surface area contributed by atoms with Crippen LogP contribution in [-0.4, -0.2) is 4.57 Å². The van der Waals surface area contributed by atoms with E-state index in [0.717, 1.165) is 6.42 Å². The van der Waals surface area contributed by atoms with E-state index in [-0.39, 0.29) is 0 Å². The molecule has 7 aromatic carbocycles. The summed E-state index contributed by atoms with van der Waals surface area (Å²) >= 11 is 0. The zero-order chi connectivity index (χ0) is 33.5. The van der Waals surface area contributed by atoms with E-state index in [2.05, 4.69) is 206 Å². The molecule has 50 heavy (non-hydrogen) atoms. The molecule has 0 bridgehead atoms. The second-order valence-electron chi connectivity index (χ2n) is 13.3. The lowest BCUT2D eigenvalue weighted by molar-refractivity contribution is 0.769. The van der Waals surface area contributed by atoms with Crippen molar-refractivity contribution in [2.45, 2.75) is 18.8 Å². The van der Waals surface area contributed by atoms with E-state index >= 15 is 0 Å². The zero-order valence-corrected chi connectivity index (χ0v) is 28.1. The lowest BCUT2D eigenvalue weighted by Gasteiger charge is -2.34. The van der Waals surface area contributed by atoms with Gasteiger partial charge in [0.2, 0.25) is 0 Å². The lowest BCUT2D eigenvalue weighted by atomic mass is 9.67. The Kier molecular flexibility index (Phi) is 7.40. The van der Waals surface area contributed by atoms with Crippen molar-refractivity contribution in [3.05, 3.63) is 228 Å². The smallest absolute Gasteiger partial charge is 0.0713 e. The number of aromatic nitrogens is 1. The number of rotatable bonds is 7. The fraction of sp³-hybridized carbons (Fsp3) is 0.0612. The molecule has 0 amide bonds. The van der Waals surface area contributed by atoms with Crippen LogP contribution in [0.4, 0.5) is 0 Å². The highest BCUT2D eigenvalue weighted by atomic mass is 15.0. The minimum Gasteiger partial charge on any atom is -0.310 e. The van der Waals surface area contributed by atoms with E-state index in [1.807, 2.05) is 0 Å². The molecular weight excluding hydrogens is 603 g/mol. The first-order valence-electron chi connectivity index (χ1n) is 17.5. The van der Waals surface area contributed by atoms with Gasteiger partial charge in [0.05, 0.1) is 16.4 Å². The van der Waals surface area contributed by atoms with Crippen LogP contribution in [0.25, 0.3) is 44.2 Å². The van der Waals surface area contributed by atoms with E-state index in [1.165, 1.54) is 77.6 Å². The van der Waals surface area contributed by atoms with Crippen molar-refractivity contribution >= 4 is 33.1 Å². The van der Waals surface area contributed by atoms with Gasteiger partial charge >= 0.3 is 0 Å². The maximum absolute atomic E-state index is 2.51. The van der Waals surface area contributed by atoms with Gasteiger partial charge in [-0.15, -0.1) is 0 Å². The molecule has 1 aromatic heterocycles. The average molecular weight is 640 g/mol. The van der Waals surface area contributed by atoms with Crippen molar-refractivity contribution < 1.29 is 0 Å². The Balaban J connectivity index is 1.37. The van der Waals surface area contributed by atoms with Gasteiger partial charge in [-0.25, -0.2) is 0 Å². The predicted octanol–water partition coefficient (Wildman–Crippen LogP) is 12.3. The molecule has 1 nitrogen and oxygen atoms in total. The standard InChI is InChI=1S/C49H37N/c1-35(37-20-8-3-9-21-37)32-40(31-30-36-18-6-2-7-19-36)50-47-29-17-15-27-42(47)44-33-46-43(34-48(44)50)41-26-14-16-28-45(41)49(46,38-22-10-4-11-23-38)39-24-12-5-13-25-39/h2-29,31-34H,30H2,1H3/b35-32+,40-31+. The number of para-hydroxylation sites is 1. The van der Waals surface area contributed by atoms with Crippen molar-refractivity contribution in [3.8, 4) is 11.1 Å². The molecule has 0 fully saturated rings. The Morgan fingerprint density at radius 2 is 1.10 bits per heavy atom. The number of allylic oxidation sites excluding steroid dienone is 4. The Hall–Kier alpha value is -6.18. The third-order valence-corrected chi connectivity index (χ3v) is 10.5. The number of hydrogen-bond acceptors (Lipinski definition) is 0. The molecule has 0 spiro atoms. The highest BCUT2D eigenvalue weighted by Crippen LogP contribution is 2.57. The van der Waals surface area contributed by atoms with Gasteiger partial charge < -0.3 is 4.57 Å². The summed E-state index contributed by atoms with van der Waals surface area (Å²) < 4.78 is 2.49. The minimum atomic E-state index is -0.443. The summed E-state index contributed by atoms with van der Waals surface area (Å²) in [6.45, 7) is 2.22. The first-order chi connectivity index (χ1) is 24.7. The molecule has 0 aliphatic heterocycles. The molecule has 0 N–H and O–H groups in total. The number of benzene rings is 7. The maximum atomic E-state index is 2.51. The molecule has 0 saturated heterocycles. The van der Waals surface area contributed by atoms with E-state index in [9.17, 15) is 0 Å². The monoisotopic (exact) mass is 639 g/mol. The molecule has 0 radical (unpaired) electrons. The second kappa shape index (κ2) is 12.4. The normalized spacial score (nSPS) is 13.8. The van der Waals surface area contributed by atoms with Crippen LogP contribution >= 0.6 is 0 Å². The molecule has 0 atom stereocenters. The summed E-state index contributed by atoms with van der Waals surface area (Å²) in [7, 11) is 0. The number of nitrogens with zero attached hydrogens (tertiary/aromatic N) is 1. The van der Waals surface area contributed by atoms with Crippen LogP contribution in [0.15, 0.2) is 194 Å². The summed E-state index contributed by atoms with van der Waals surface area (Å²) in [6, 6.07) is 66.5. The quantitative estimate of drug-likeness (QED) is 0.153. The SMILES string of the molecule is C/C(=C\C(=C/Cc1ccccc1)n1c2ccccc2c2cc3c(cc21)-c1ccccc1C3(c1ccccc1)c1ccccc1)c1ccccc1. The Morgan fingerprint density at radius 1 is 0.520 bits per heavy atom. The van der Waals surface area contributed by atoms with Crippen LogP contribution in [0.1, 0.15) is 40.3 Å². The van der Waals surface area contributed by atoms with Crippen molar-refractivity contribution in [2.75, 3.05) is 0 Å². The molecule has 0 saturated carbocycles. The second-order valence-corrected chi connectivity index (χ2v) is 13.3. The summed E-state index contributed by atoms with van der Waals surface area (Å²) in [6.07, 6.45) is 5.60. The molecule has 1 aliphatic carbocycles. The van der Waals surface area contributed by atoms with Crippen molar-refractivity contribution in [1.29, 1.82) is 0 Å². The third-order valence-electron chi connectivity index (χ3n) is 10.5. The maximum Gasteiger partial charge on any atom is 0.0713 e. The first-order valence-corrected chi connectivity index (χ1v) is 17.5. The fourth-order valence-corrected chi connectivity index (χ4v) is 8.24. The number of hydrogen-bond donors (Lipinski definition) is 0. The van der Waals surface area contributed by atoms with Crippen LogP contribution < -0.4 is 0 Å². The van der Waals surface area contributed by atoms with Crippen molar-refractivity contribution in [2.24, 2.45) is 0 Å². The molecular formula is C49H37N. The van der Waals surface area contributed by atoms with Gasteiger partial charge in [0.25, 0.3) is 0 Å². The average Bonchev–Trinajstić information content (AvgIpc) is 3.67. The highest BCUT2D eigenvalue weighted by Gasteiger charge is 2.46. The predicted molar refractivity (Wildman–Crippen MR) is 211 cm³/mol. The van der Waals surface area contributed by atoms with Gasteiger partial charge in [0.15, 0.2) is 0 Å². The summed E-state index contributed by atoms with van der Waals surface area (Å²) in [5, 5.41) is 2.52. The summed E-state index contributed by atoms with van der Waals surface area (Å²) in [5.41, 5.74) is 14.7. The van der Waals surface area contributed by atoms with Crippen LogP contribution in [-0.2, 0) is 11.8 Å². The number of fused-ring (bicyclic) bond motifs is 6. The summed E-state index contributed by atoms with van der Waals surface area (Å²) in [4.78, 5) is 0. The van der Waals surface area contributed by atoms with Gasteiger partial charge in [0, 0.05) is 16.5 Å². The molecule has 1 aliphatic rings. The highest BCUT2D eigenvalue weighted by molar-refractivity contribution is 6.13. The largest absolute Gasteiger partial charge is 0.310 e. The first kappa shape index (κ1) is 29.9. The molecule has 0 unspecified atom stereocenters. The van der Waals surface area contributed by atoms with E-state index in [4.69, 9.17) is 0 Å². The minimum absolute atomic E-state index is 0.443. The van der Waals surface area contributed by atoms with Crippen LogP contribution in [0.3, 0.4) is 0 Å². The molecule has 238 valence electrons. The van der Waals surface area contributed by atoms with Crippen LogP contribution in [0.2, 0.25) is 0 Å². The lowest BCUT2D eigenvalue weighted by Crippen LogP contribution is -2.28. The fourth-order valence-electron chi connectivity index (χ4n) is 8.24. The zero-order valence-electron chi connectivity index (χ0n) is 28.1. The van der Waals surface area contributed by atoms with E-state index in [0.29, 0.717) is 0 Å². The Morgan fingerprint density at radius 3 is 1.80 bits per heavy atom. The molecule has 9 rings (SSSR count). The van der Waals surface area contributed by atoms with Gasteiger partial charge in [-0.2, -0.15) is 0 Å². The molecule has 1 heterocycles. The Labute approximate surface area is 294 Å². The van der Waals surface area contributed by atoms with Gasteiger partial charge in [0.1, 0.15) is 0 Å². The van der Waals surface area contributed by atoms with Crippen molar-refractivity contribution in [1.82, 2.24) is 4.57 Å². The van der Waals surface area contributed by atoms with E-state index in [1.54, 1.807) is 0 Å². The van der Waals surface area contributed by atoms with Gasteiger partial charge in [-0.05, 0) is 87.7 Å². The van der Waals surface area contributed by atoms with Crippen LogP contribution in [0, 0.1) is 0 Å².